The highest BCUT2D eigenvalue weighted by Crippen LogP contribution is 2.24. The van der Waals surface area contributed by atoms with Crippen LogP contribution in [0.1, 0.15) is 29.8 Å². The van der Waals surface area contributed by atoms with Gasteiger partial charge in [0.25, 0.3) is 5.91 Å². The molecule has 10 nitrogen and oxygen atoms in total. The van der Waals surface area contributed by atoms with E-state index in [2.05, 4.69) is 10.1 Å². The highest BCUT2D eigenvalue weighted by Gasteiger charge is 2.24. The third-order valence-electron chi connectivity index (χ3n) is 4.51. The van der Waals surface area contributed by atoms with Crippen molar-refractivity contribution in [3.8, 4) is 6.07 Å². The number of aromatic nitrogens is 3. The van der Waals surface area contributed by atoms with E-state index in [9.17, 15) is 18.0 Å². The molecule has 2 aromatic heterocycles. The number of nitrogens with one attached hydrogen (secondary N) is 1. The summed E-state index contributed by atoms with van der Waals surface area (Å²) in [6.07, 6.45) is 1.14. The Hall–Kier alpha value is -3.49. The summed E-state index contributed by atoms with van der Waals surface area (Å²) >= 11 is 0. The van der Waals surface area contributed by atoms with Crippen molar-refractivity contribution in [2.75, 3.05) is 18.8 Å². The average molecular weight is 414 g/mol. The molecule has 0 spiro atoms. The molecule has 0 bridgehead atoms. The lowest BCUT2D eigenvalue weighted by Crippen LogP contribution is -2.30. The monoisotopic (exact) mass is 414 g/mol. The van der Waals surface area contributed by atoms with Gasteiger partial charge in [0.15, 0.2) is 0 Å². The maximum absolute atomic E-state index is 13.0. The number of nitriles is 1. The molecule has 29 heavy (non-hydrogen) atoms. The van der Waals surface area contributed by atoms with Gasteiger partial charge in [-0.3, -0.25) is 9.59 Å². The van der Waals surface area contributed by atoms with E-state index < -0.39 is 21.5 Å². The number of anilines is 1. The summed E-state index contributed by atoms with van der Waals surface area (Å²) in [7, 11) is -3.78. The lowest BCUT2D eigenvalue weighted by molar-refractivity contribution is 0.0949. The second-order valence-corrected chi connectivity index (χ2v) is 8.05. The van der Waals surface area contributed by atoms with Gasteiger partial charge in [0.2, 0.25) is 15.6 Å². The number of hydrogen-bond donors (Lipinski definition) is 2. The van der Waals surface area contributed by atoms with Crippen molar-refractivity contribution >= 4 is 32.7 Å². The largest absolute Gasteiger partial charge is 0.382 e. The molecule has 0 aliphatic rings. The second kappa shape index (κ2) is 7.50. The maximum Gasteiger partial charge on any atom is 0.280 e. The van der Waals surface area contributed by atoms with Crippen LogP contribution in [0.25, 0.3) is 10.9 Å². The van der Waals surface area contributed by atoms with Crippen molar-refractivity contribution in [1.29, 1.82) is 5.26 Å². The Morgan fingerprint density at radius 3 is 2.59 bits per heavy atom. The minimum Gasteiger partial charge on any atom is -0.382 e. The zero-order valence-corrected chi connectivity index (χ0v) is 16.5. The van der Waals surface area contributed by atoms with Crippen molar-refractivity contribution in [2.45, 2.75) is 18.7 Å². The highest BCUT2D eigenvalue weighted by atomic mass is 32.2. The number of rotatable bonds is 5. The molecule has 0 saturated carbocycles. The molecule has 3 N–H and O–H groups in total. The van der Waals surface area contributed by atoms with Gasteiger partial charge < -0.3 is 10.7 Å². The minimum absolute atomic E-state index is 0.0114. The fourth-order valence-electron chi connectivity index (χ4n) is 3.00. The van der Waals surface area contributed by atoms with Crippen LogP contribution in [0.5, 0.6) is 0 Å². The molecular formula is C18H18N6O4S. The molecule has 0 radical (unpaired) electrons. The first-order chi connectivity index (χ1) is 13.7. The van der Waals surface area contributed by atoms with Crippen LogP contribution < -0.4 is 11.3 Å². The van der Waals surface area contributed by atoms with Gasteiger partial charge in [-0.2, -0.15) is 19.3 Å². The third kappa shape index (κ3) is 3.39. The van der Waals surface area contributed by atoms with Gasteiger partial charge >= 0.3 is 0 Å². The van der Waals surface area contributed by atoms with Crippen LogP contribution in [0, 0.1) is 11.3 Å². The first kappa shape index (κ1) is 20.2. The first-order valence-electron chi connectivity index (χ1n) is 8.70. The van der Waals surface area contributed by atoms with Crippen LogP contribution in [0.3, 0.4) is 0 Å². The molecule has 0 amide bonds. The minimum atomic E-state index is -3.78. The molecule has 0 atom stereocenters. The SMILES string of the molecule is CCN(CC)S(=O)(=O)c1ccc2[nH]c(=O)cc(C(=O)n3ncc(C#N)c3N)c2c1. The van der Waals surface area contributed by atoms with Crippen molar-refractivity contribution < 1.29 is 13.2 Å². The summed E-state index contributed by atoms with van der Waals surface area (Å²) in [6.45, 7) is 4.02. The molecule has 3 rings (SSSR count). The number of aromatic amines is 1. The molecule has 0 aliphatic heterocycles. The number of nitrogens with zero attached hydrogens (tertiary/aromatic N) is 4. The number of nitrogens with two attached hydrogens (primary N) is 1. The molecule has 11 heteroatoms. The van der Waals surface area contributed by atoms with Gasteiger partial charge in [-0.1, -0.05) is 13.8 Å². The van der Waals surface area contributed by atoms with Gasteiger partial charge in [0.05, 0.1) is 16.7 Å². The van der Waals surface area contributed by atoms with Crippen LogP contribution in [0.15, 0.2) is 40.2 Å². The highest BCUT2D eigenvalue weighted by molar-refractivity contribution is 7.89. The van der Waals surface area contributed by atoms with E-state index in [4.69, 9.17) is 11.0 Å². The Morgan fingerprint density at radius 1 is 1.31 bits per heavy atom. The zero-order valence-electron chi connectivity index (χ0n) is 15.7. The van der Waals surface area contributed by atoms with Crippen molar-refractivity contribution in [1.82, 2.24) is 19.1 Å². The Morgan fingerprint density at radius 2 is 2.00 bits per heavy atom. The summed E-state index contributed by atoms with van der Waals surface area (Å²) in [4.78, 5) is 27.6. The van der Waals surface area contributed by atoms with E-state index in [1.807, 2.05) is 6.07 Å². The molecule has 1 aromatic carbocycles. The number of nitrogen functional groups attached to an aromatic ring is 1. The summed E-state index contributed by atoms with van der Waals surface area (Å²) in [5.41, 5.74) is 5.44. The van der Waals surface area contributed by atoms with Gasteiger partial charge in [-0.05, 0) is 18.2 Å². The quantitative estimate of drug-likeness (QED) is 0.628. The Balaban J connectivity index is 2.25. The van der Waals surface area contributed by atoms with Crippen molar-refractivity contribution in [3.63, 3.8) is 0 Å². The maximum atomic E-state index is 13.0. The summed E-state index contributed by atoms with van der Waals surface area (Å²) in [5, 5.41) is 13.0. The lowest BCUT2D eigenvalue weighted by Gasteiger charge is -2.19. The van der Waals surface area contributed by atoms with E-state index in [0.717, 1.165) is 16.9 Å². The van der Waals surface area contributed by atoms with Gasteiger partial charge in [0.1, 0.15) is 17.5 Å². The summed E-state index contributed by atoms with van der Waals surface area (Å²) < 4.78 is 27.8. The number of pyridine rings is 1. The fraction of sp³-hybridized carbons (Fsp3) is 0.222. The first-order valence-corrected chi connectivity index (χ1v) is 10.1. The Labute approximate surface area is 166 Å². The summed E-state index contributed by atoms with van der Waals surface area (Å²) in [6, 6.07) is 6.99. The van der Waals surface area contributed by atoms with Crippen molar-refractivity contribution in [3.05, 3.63) is 51.9 Å². The molecule has 150 valence electrons. The molecule has 3 aromatic rings. The average Bonchev–Trinajstić information content (AvgIpc) is 3.07. The van der Waals surface area contributed by atoms with Crippen LogP contribution in [-0.4, -0.2) is 46.5 Å². The molecule has 0 fully saturated rings. The Kier molecular flexibility index (Phi) is 5.23. The van der Waals surface area contributed by atoms with E-state index in [-0.39, 0.29) is 45.8 Å². The second-order valence-electron chi connectivity index (χ2n) is 6.12. The van der Waals surface area contributed by atoms with Gasteiger partial charge in [-0.25, -0.2) is 8.42 Å². The van der Waals surface area contributed by atoms with E-state index in [1.165, 1.54) is 22.5 Å². The number of benzene rings is 1. The Bertz CT molecular complexity index is 1310. The standard InChI is InChI=1S/C18H18N6O4S/c1-3-23(4-2)29(27,28)12-5-6-15-13(7-12)14(8-16(25)22-15)18(26)24-17(20)11(9-19)10-21-24/h5-8,10H,3-4,20H2,1-2H3,(H,22,25). The van der Waals surface area contributed by atoms with E-state index in [1.54, 1.807) is 13.8 Å². The third-order valence-corrected chi connectivity index (χ3v) is 6.55. The molecule has 0 aliphatic carbocycles. The topological polar surface area (TPSA) is 155 Å². The van der Waals surface area contributed by atoms with Crippen molar-refractivity contribution in [2.24, 2.45) is 0 Å². The van der Waals surface area contributed by atoms with Gasteiger partial charge in [-0.15, -0.1) is 0 Å². The van der Waals surface area contributed by atoms with Crippen LogP contribution >= 0.6 is 0 Å². The van der Waals surface area contributed by atoms with E-state index >= 15 is 0 Å². The molecule has 0 unspecified atom stereocenters. The fourth-order valence-corrected chi connectivity index (χ4v) is 4.49. The van der Waals surface area contributed by atoms with Gasteiger partial charge in [0, 0.05) is 30.1 Å². The number of H-pyrrole nitrogens is 1. The van der Waals surface area contributed by atoms with E-state index in [0.29, 0.717) is 0 Å². The predicted octanol–water partition coefficient (Wildman–Crippen LogP) is 0.897. The number of fused-ring (bicyclic) bond motifs is 1. The molecule has 0 saturated heterocycles. The number of carbonyl (C=O) groups excluding carboxylic acids is 1. The number of carbonyl (C=O) groups is 1. The number of hydrogen-bond acceptors (Lipinski definition) is 7. The zero-order chi connectivity index (χ0) is 21.3. The van der Waals surface area contributed by atoms with Crippen LogP contribution in [0.2, 0.25) is 0 Å². The molecule has 2 heterocycles. The normalized spacial score (nSPS) is 11.7. The predicted molar refractivity (Wildman–Crippen MR) is 106 cm³/mol. The smallest absolute Gasteiger partial charge is 0.280 e. The summed E-state index contributed by atoms with van der Waals surface area (Å²) in [5.74, 6) is -0.921. The van der Waals surface area contributed by atoms with Crippen LogP contribution in [-0.2, 0) is 10.0 Å². The number of sulfonamides is 1. The lowest BCUT2D eigenvalue weighted by atomic mass is 10.1. The van der Waals surface area contributed by atoms with Crippen LogP contribution in [0.4, 0.5) is 5.82 Å². The molecular weight excluding hydrogens is 396 g/mol.